The number of hydrogen-bond donors (Lipinski definition) is 3. The third-order valence-electron chi connectivity index (χ3n) is 6.80. The van der Waals surface area contributed by atoms with Crippen LogP contribution in [0.1, 0.15) is 47.8 Å². The van der Waals surface area contributed by atoms with Crippen LogP contribution in [-0.2, 0) is 0 Å². The van der Waals surface area contributed by atoms with Crippen LogP contribution in [0.4, 0.5) is 0 Å². The van der Waals surface area contributed by atoms with Crippen LogP contribution in [0.2, 0.25) is 0 Å². The molecule has 7 rings (SSSR count). The first-order valence-corrected chi connectivity index (χ1v) is 11.5. The van der Waals surface area contributed by atoms with Crippen molar-refractivity contribution in [2.24, 2.45) is 5.73 Å². The highest BCUT2D eigenvalue weighted by Gasteiger charge is 2.66. The third-order valence-corrected chi connectivity index (χ3v) is 7.02. The standard InChI is InChI=1S/C25H22ClN7O/c1-14-7-17(9-19(26)29-14)20-21(16-4-2-3-15(8-16)10-27)32-33-6-5-18(30-22(20)33)23(34)31-25-11-24(28,12-25)13-25/h2-9,14,29H,11-13,28H2,1H3,(H,31,34). The molecule has 3 aromatic rings. The number of nitrogens with one attached hydrogen (secondary N) is 2. The van der Waals surface area contributed by atoms with Crippen LogP contribution in [-0.4, -0.2) is 37.6 Å². The topological polar surface area (TPSA) is 121 Å². The van der Waals surface area contributed by atoms with Gasteiger partial charge in [0.1, 0.15) is 16.5 Å². The molecule has 1 aliphatic heterocycles. The van der Waals surface area contributed by atoms with Crippen molar-refractivity contribution in [3.8, 4) is 17.3 Å². The van der Waals surface area contributed by atoms with Gasteiger partial charge in [0.15, 0.2) is 5.65 Å². The summed E-state index contributed by atoms with van der Waals surface area (Å²) < 4.78 is 1.66. The predicted octanol–water partition coefficient (Wildman–Crippen LogP) is 3.09. The number of hydrogen-bond acceptors (Lipinski definition) is 6. The minimum Gasteiger partial charge on any atom is -0.370 e. The zero-order valence-corrected chi connectivity index (χ0v) is 19.2. The molecule has 1 aromatic carbocycles. The maximum atomic E-state index is 13.0. The van der Waals surface area contributed by atoms with Crippen LogP contribution in [0.25, 0.3) is 22.5 Å². The second-order valence-electron chi connectivity index (χ2n) is 9.67. The number of benzene rings is 1. The number of carbonyl (C=O) groups is 1. The molecule has 3 fully saturated rings. The molecule has 0 radical (unpaired) electrons. The Morgan fingerprint density at radius 1 is 1.35 bits per heavy atom. The summed E-state index contributed by atoms with van der Waals surface area (Å²) in [5, 5.41) is 20.9. The normalized spacial score (nSPS) is 26.9. The molecule has 3 aliphatic carbocycles. The fourth-order valence-electron chi connectivity index (χ4n) is 5.47. The van der Waals surface area contributed by atoms with E-state index in [0.29, 0.717) is 27.8 Å². The van der Waals surface area contributed by atoms with Gasteiger partial charge >= 0.3 is 0 Å². The van der Waals surface area contributed by atoms with Crippen LogP contribution >= 0.6 is 11.6 Å². The van der Waals surface area contributed by atoms with E-state index >= 15 is 0 Å². The summed E-state index contributed by atoms with van der Waals surface area (Å²) in [5.74, 6) is -0.217. The molecule has 0 saturated heterocycles. The number of rotatable bonds is 4. The maximum Gasteiger partial charge on any atom is 0.270 e. The Kier molecular flexibility index (Phi) is 4.40. The average Bonchev–Trinajstić information content (AvgIpc) is 3.15. The molecule has 4 aliphatic rings. The molecule has 0 spiro atoms. The van der Waals surface area contributed by atoms with Crippen LogP contribution in [0.5, 0.6) is 0 Å². The highest BCUT2D eigenvalue weighted by molar-refractivity contribution is 6.30. The average molecular weight is 472 g/mol. The van der Waals surface area contributed by atoms with E-state index in [-0.39, 0.29) is 23.0 Å². The summed E-state index contributed by atoms with van der Waals surface area (Å²) in [4.78, 5) is 17.8. The van der Waals surface area contributed by atoms with E-state index < -0.39 is 0 Å². The van der Waals surface area contributed by atoms with Crippen molar-refractivity contribution < 1.29 is 4.79 Å². The molecule has 1 unspecified atom stereocenters. The lowest BCUT2D eigenvalue weighted by Gasteiger charge is -2.68. The fraction of sp³-hybridized carbons (Fsp3) is 0.280. The van der Waals surface area contributed by atoms with Gasteiger partial charge in [-0.15, -0.1) is 0 Å². The van der Waals surface area contributed by atoms with E-state index in [1.54, 1.807) is 28.9 Å². The van der Waals surface area contributed by atoms with Crippen LogP contribution in [0, 0.1) is 11.3 Å². The van der Waals surface area contributed by atoms with Crippen molar-refractivity contribution >= 4 is 28.7 Å². The smallest absolute Gasteiger partial charge is 0.270 e. The molecule has 8 nitrogen and oxygen atoms in total. The number of dihydropyridines is 1. The monoisotopic (exact) mass is 471 g/mol. The quantitative estimate of drug-likeness (QED) is 0.503. The minimum absolute atomic E-state index is 0.0000802. The number of carbonyl (C=O) groups excluding carboxylic acids is 1. The fourth-order valence-corrected chi connectivity index (χ4v) is 5.76. The first kappa shape index (κ1) is 20.9. The Morgan fingerprint density at radius 3 is 2.85 bits per heavy atom. The molecule has 170 valence electrons. The van der Waals surface area contributed by atoms with Gasteiger partial charge in [0.2, 0.25) is 0 Å². The highest BCUT2D eigenvalue weighted by atomic mass is 35.5. The Hall–Kier alpha value is -3.67. The zero-order valence-electron chi connectivity index (χ0n) is 18.5. The Bertz CT molecular complexity index is 1460. The maximum absolute atomic E-state index is 13.0. The van der Waals surface area contributed by atoms with Gasteiger partial charge in [-0.2, -0.15) is 10.4 Å². The number of aromatic nitrogens is 3. The number of nitrogens with zero attached hydrogens (tertiary/aromatic N) is 4. The number of nitrogens with two attached hydrogens (primary N) is 1. The van der Waals surface area contributed by atoms with Gasteiger partial charge in [-0.25, -0.2) is 9.50 Å². The van der Waals surface area contributed by atoms with Gasteiger partial charge in [-0.3, -0.25) is 4.79 Å². The SMILES string of the molecule is CC1C=C(c2c(-c3cccc(C#N)c3)nn3ccc(C(=O)NC45CC(N)(C4)C5)nc23)C=C(Cl)N1. The molecule has 2 bridgehead atoms. The minimum atomic E-state index is -0.217. The molecule has 34 heavy (non-hydrogen) atoms. The van der Waals surface area contributed by atoms with Crippen molar-refractivity contribution in [2.75, 3.05) is 0 Å². The van der Waals surface area contributed by atoms with Crippen molar-refractivity contribution in [2.45, 2.75) is 43.3 Å². The van der Waals surface area contributed by atoms with E-state index in [9.17, 15) is 10.1 Å². The largest absolute Gasteiger partial charge is 0.370 e. The number of halogens is 1. The number of amides is 1. The summed E-state index contributed by atoms with van der Waals surface area (Å²) in [5.41, 5.74) is 10.3. The molecular weight excluding hydrogens is 450 g/mol. The van der Waals surface area contributed by atoms with E-state index in [4.69, 9.17) is 27.4 Å². The molecule has 3 heterocycles. The molecule has 1 atom stereocenters. The van der Waals surface area contributed by atoms with E-state index in [2.05, 4.69) is 16.7 Å². The predicted molar refractivity (Wildman–Crippen MR) is 129 cm³/mol. The van der Waals surface area contributed by atoms with Crippen molar-refractivity contribution in [1.29, 1.82) is 5.26 Å². The lowest BCUT2D eigenvalue weighted by Crippen LogP contribution is -2.82. The summed E-state index contributed by atoms with van der Waals surface area (Å²) in [6, 6.07) is 11.1. The van der Waals surface area contributed by atoms with E-state index in [1.807, 2.05) is 31.2 Å². The van der Waals surface area contributed by atoms with Gasteiger partial charge < -0.3 is 16.4 Å². The highest BCUT2D eigenvalue weighted by Crippen LogP contribution is 2.58. The summed E-state index contributed by atoms with van der Waals surface area (Å²) in [7, 11) is 0. The van der Waals surface area contributed by atoms with Crippen LogP contribution < -0.4 is 16.4 Å². The molecule has 3 saturated carbocycles. The van der Waals surface area contributed by atoms with Crippen molar-refractivity contribution in [3.63, 3.8) is 0 Å². The number of allylic oxidation sites excluding steroid dienone is 2. The summed E-state index contributed by atoms with van der Waals surface area (Å²) in [6.45, 7) is 2.00. The molecule has 9 heteroatoms. The van der Waals surface area contributed by atoms with Gasteiger partial charge in [0.05, 0.1) is 17.2 Å². The molecule has 4 N–H and O–H groups in total. The molecular formula is C25H22ClN7O. The zero-order chi connectivity index (χ0) is 23.7. The Morgan fingerprint density at radius 2 is 2.15 bits per heavy atom. The van der Waals surface area contributed by atoms with E-state index in [0.717, 1.165) is 36.0 Å². The van der Waals surface area contributed by atoms with Gasteiger partial charge in [-0.1, -0.05) is 29.8 Å². The van der Waals surface area contributed by atoms with E-state index in [1.165, 1.54) is 0 Å². The number of nitriles is 1. The second-order valence-corrected chi connectivity index (χ2v) is 10.1. The van der Waals surface area contributed by atoms with Crippen LogP contribution in [0.15, 0.2) is 53.8 Å². The van der Waals surface area contributed by atoms with Gasteiger partial charge in [-0.05, 0) is 56.0 Å². The summed E-state index contributed by atoms with van der Waals surface area (Å²) in [6.07, 6.45) is 8.04. The Balaban J connectivity index is 1.48. The summed E-state index contributed by atoms with van der Waals surface area (Å²) >= 11 is 6.36. The third kappa shape index (κ3) is 3.28. The lowest BCUT2D eigenvalue weighted by molar-refractivity contribution is -0.0713. The first-order valence-electron chi connectivity index (χ1n) is 11.1. The molecule has 1 amide bonds. The lowest BCUT2D eigenvalue weighted by atomic mass is 9.44. The van der Waals surface area contributed by atoms with Gasteiger partial charge in [0, 0.05) is 28.9 Å². The van der Waals surface area contributed by atoms with Gasteiger partial charge in [0.25, 0.3) is 5.91 Å². The Labute approximate surface area is 201 Å². The first-order chi connectivity index (χ1) is 16.3. The van der Waals surface area contributed by atoms with Crippen LogP contribution in [0.3, 0.4) is 0 Å². The van der Waals surface area contributed by atoms with Crippen molar-refractivity contribution in [1.82, 2.24) is 25.2 Å². The number of fused-ring (bicyclic) bond motifs is 1. The molecule has 2 aromatic heterocycles. The van der Waals surface area contributed by atoms with Crippen molar-refractivity contribution in [3.05, 3.63) is 70.7 Å². The second kappa shape index (κ2) is 7.16.